The van der Waals surface area contributed by atoms with Crippen molar-refractivity contribution in [3.63, 3.8) is 0 Å². The Bertz CT molecular complexity index is 361. The highest BCUT2D eigenvalue weighted by atomic mass is 16.5. The molecule has 0 fully saturated rings. The molecule has 0 aromatic heterocycles. The molecule has 1 atom stereocenters. The largest absolute Gasteiger partial charge is 0.466 e. The first-order valence-electron chi connectivity index (χ1n) is 6.02. The zero-order valence-electron chi connectivity index (χ0n) is 10.4. The van der Waals surface area contributed by atoms with E-state index in [0.29, 0.717) is 5.92 Å². The van der Waals surface area contributed by atoms with Crippen LogP contribution in [0.25, 0.3) is 0 Å². The Morgan fingerprint density at radius 3 is 2.88 bits per heavy atom. The standard InChI is InChI=1S/C14H20O2/c1-14(2)8-7-11(13(15)16-3)9-10-5-4-6-12(10)14/h6-7,10H,4-5,8-9H2,1-3H3/t10-/m1/s1. The van der Waals surface area contributed by atoms with Gasteiger partial charge in [0.1, 0.15) is 0 Å². The third kappa shape index (κ3) is 1.93. The molecule has 2 aliphatic rings. The minimum atomic E-state index is -0.149. The molecule has 2 aliphatic carbocycles. The van der Waals surface area contributed by atoms with Crippen LogP contribution in [0.5, 0.6) is 0 Å². The Morgan fingerprint density at radius 1 is 1.44 bits per heavy atom. The van der Waals surface area contributed by atoms with E-state index in [1.165, 1.54) is 13.5 Å². The zero-order chi connectivity index (χ0) is 11.8. The lowest BCUT2D eigenvalue weighted by atomic mass is 9.77. The van der Waals surface area contributed by atoms with Gasteiger partial charge in [-0.1, -0.05) is 31.6 Å². The number of hydrogen-bond donors (Lipinski definition) is 0. The van der Waals surface area contributed by atoms with E-state index in [4.69, 9.17) is 4.74 Å². The summed E-state index contributed by atoms with van der Waals surface area (Å²) in [5, 5.41) is 0. The molecule has 88 valence electrons. The highest BCUT2D eigenvalue weighted by Crippen LogP contribution is 2.46. The quantitative estimate of drug-likeness (QED) is 0.501. The van der Waals surface area contributed by atoms with E-state index in [1.807, 2.05) is 0 Å². The van der Waals surface area contributed by atoms with Crippen LogP contribution in [0.1, 0.15) is 39.5 Å². The number of rotatable bonds is 1. The molecule has 16 heavy (non-hydrogen) atoms. The second-order valence-corrected chi connectivity index (χ2v) is 5.45. The number of ether oxygens (including phenoxy) is 1. The summed E-state index contributed by atoms with van der Waals surface area (Å²) in [5.74, 6) is 0.409. The summed E-state index contributed by atoms with van der Waals surface area (Å²) in [5.41, 5.74) is 2.62. The second-order valence-electron chi connectivity index (χ2n) is 5.45. The van der Waals surface area contributed by atoms with Gasteiger partial charge in [0.05, 0.1) is 7.11 Å². The molecule has 0 spiro atoms. The van der Waals surface area contributed by atoms with Crippen molar-refractivity contribution in [1.82, 2.24) is 0 Å². The highest BCUT2D eigenvalue weighted by molar-refractivity contribution is 5.88. The molecule has 0 aromatic carbocycles. The first-order chi connectivity index (χ1) is 7.54. The Kier molecular flexibility index (Phi) is 2.92. The van der Waals surface area contributed by atoms with Crippen molar-refractivity contribution in [3.8, 4) is 0 Å². The fraction of sp³-hybridized carbons (Fsp3) is 0.643. The summed E-state index contributed by atoms with van der Waals surface area (Å²) >= 11 is 0. The maximum Gasteiger partial charge on any atom is 0.333 e. The van der Waals surface area contributed by atoms with Gasteiger partial charge in [-0.2, -0.15) is 0 Å². The van der Waals surface area contributed by atoms with Crippen molar-refractivity contribution >= 4 is 5.97 Å². The summed E-state index contributed by atoms with van der Waals surface area (Å²) in [6, 6.07) is 0. The smallest absolute Gasteiger partial charge is 0.333 e. The van der Waals surface area contributed by atoms with E-state index < -0.39 is 0 Å². The number of methoxy groups -OCH3 is 1. The normalized spacial score (nSPS) is 27.6. The molecular weight excluding hydrogens is 200 g/mol. The number of carbonyl (C=O) groups excluding carboxylic acids is 1. The molecular formula is C14H20O2. The van der Waals surface area contributed by atoms with Crippen molar-refractivity contribution in [2.24, 2.45) is 11.3 Å². The molecule has 0 saturated carbocycles. The number of fused-ring (bicyclic) bond motifs is 1. The molecule has 0 amide bonds. The van der Waals surface area contributed by atoms with E-state index in [1.54, 1.807) is 5.57 Å². The molecule has 0 aromatic rings. The summed E-state index contributed by atoms with van der Waals surface area (Å²) < 4.78 is 4.84. The van der Waals surface area contributed by atoms with Crippen LogP contribution in [0, 0.1) is 11.3 Å². The molecule has 0 bridgehead atoms. The topological polar surface area (TPSA) is 26.3 Å². The van der Waals surface area contributed by atoms with Gasteiger partial charge in [0.25, 0.3) is 0 Å². The fourth-order valence-corrected chi connectivity index (χ4v) is 2.95. The average Bonchev–Trinajstić information content (AvgIpc) is 2.67. The monoisotopic (exact) mass is 220 g/mol. The first kappa shape index (κ1) is 11.4. The molecule has 2 rings (SSSR count). The van der Waals surface area contributed by atoms with Gasteiger partial charge in [-0.05, 0) is 37.0 Å². The third-order valence-electron chi connectivity index (χ3n) is 3.87. The van der Waals surface area contributed by atoms with Gasteiger partial charge in [0.15, 0.2) is 0 Å². The molecule has 0 unspecified atom stereocenters. The molecule has 2 heteroatoms. The summed E-state index contributed by atoms with van der Waals surface area (Å²) in [4.78, 5) is 11.6. The predicted octanol–water partition coefficient (Wildman–Crippen LogP) is 3.24. The Morgan fingerprint density at radius 2 is 2.19 bits per heavy atom. The molecule has 0 aliphatic heterocycles. The maximum atomic E-state index is 11.6. The minimum absolute atomic E-state index is 0.149. The number of allylic oxidation sites excluding steroid dienone is 3. The predicted molar refractivity (Wildman–Crippen MR) is 63.9 cm³/mol. The van der Waals surface area contributed by atoms with Crippen molar-refractivity contribution < 1.29 is 9.53 Å². The summed E-state index contributed by atoms with van der Waals surface area (Å²) in [6.45, 7) is 4.54. The van der Waals surface area contributed by atoms with E-state index in [2.05, 4.69) is 26.0 Å². The average molecular weight is 220 g/mol. The number of esters is 1. The lowest BCUT2D eigenvalue weighted by molar-refractivity contribution is -0.136. The van der Waals surface area contributed by atoms with Crippen LogP contribution in [0.3, 0.4) is 0 Å². The number of carbonyl (C=O) groups is 1. The number of hydrogen-bond acceptors (Lipinski definition) is 2. The molecule has 0 N–H and O–H groups in total. The minimum Gasteiger partial charge on any atom is -0.466 e. The van der Waals surface area contributed by atoms with Crippen molar-refractivity contribution in [3.05, 3.63) is 23.3 Å². The van der Waals surface area contributed by atoms with E-state index in [0.717, 1.165) is 24.8 Å². The van der Waals surface area contributed by atoms with Gasteiger partial charge in [-0.25, -0.2) is 4.79 Å². The van der Waals surface area contributed by atoms with Crippen LogP contribution in [0.4, 0.5) is 0 Å². The van der Waals surface area contributed by atoms with Crippen LogP contribution < -0.4 is 0 Å². The maximum absolute atomic E-state index is 11.6. The van der Waals surface area contributed by atoms with E-state index in [-0.39, 0.29) is 11.4 Å². The second kappa shape index (κ2) is 4.08. The molecule has 0 heterocycles. The van der Waals surface area contributed by atoms with Crippen LogP contribution in [-0.2, 0) is 9.53 Å². The van der Waals surface area contributed by atoms with Gasteiger partial charge in [-0.15, -0.1) is 0 Å². The van der Waals surface area contributed by atoms with Crippen LogP contribution in [0.2, 0.25) is 0 Å². The Hall–Kier alpha value is -1.05. The summed E-state index contributed by atoms with van der Waals surface area (Å²) in [6.07, 6.45) is 8.61. The van der Waals surface area contributed by atoms with Crippen LogP contribution in [0.15, 0.2) is 23.3 Å². The van der Waals surface area contributed by atoms with Crippen LogP contribution in [-0.4, -0.2) is 13.1 Å². The SMILES string of the molecule is COC(=O)C1=CCC(C)(C)C2=CCC[C@@H]2C1. The lowest BCUT2D eigenvalue weighted by Crippen LogP contribution is -2.16. The van der Waals surface area contributed by atoms with E-state index in [9.17, 15) is 4.79 Å². The molecule has 0 radical (unpaired) electrons. The van der Waals surface area contributed by atoms with E-state index >= 15 is 0 Å². The first-order valence-corrected chi connectivity index (χ1v) is 6.02. The van der Waals surface area contributed by atoms with Crippen molar-refractivity contribution in [2.75, 3.05) is 7.11 Å². The third-order valence-corrected chi connectivity index (χ3v) is 3.87. The molecule has 0 saturated heterocycles. The zero-order valence-corrected chi connectivity index (χ0v) is 10.4. The Labute approximate surface area is 97.4 Å². The van der Waals surface area contributed by atoms with Crippen molar-refractivity contribution in [2.45, 2.75) is 39.5 Å². The van der Waals surface area contributed by atoms with Gasteiger partial charge >= 0.3 is 5.97 Å². The van der Waals surface area contributed by atoms with Crippen LogP contribution >= 0.6 is 0 Å². The van der Waals surface area contributed by atoms with Crippen molar-refractivity contribution in [1.29, 1.82) is 0 Å². The Balaban J connectivity index is 2.27. The van der Waals surface area contributed by atoms with Gasteiger partial charge in [-0.3, -0.25) is 0 Å². The molecule has 2 nitrogen and oxygen atoms in total. The highest BCUT2D eigenvalue weighted by Gasteiger charge is 2.35. The van der Waals surface area contributed by atoms with Gasteiger partial charge < -0.3 is 4.74 Å². The fourth-order valence-electron chi connectivity index (χ4n) is 2.95. The van der Waals surface area contributed by atoms with Gasteiger partial charge in [0, 0.05) is 5.57 Å². The lowest BCUT2D eigenvalue weighted by Gasteiger charge is -2.27. The van der Waals surface area contributed by atoms with Gasteiger partial charge in [0.2, 0.25) is 0 Å². The summed E-state index contributed by atoms with van der Waals surface area (Å²) in [7, 11) is 1.46.